The Hall–Kier alpha value is -3.04. The van der Waals surface area contributed by atoms with Gasteiger partial charge in [0.05, 0.1) is 10.9 Å². The average molecular weight is 441 g/mol. The van der Waals surface area contributed by atoms with Gasteiger partial charge >= 0.3 is 0 Å². The lowest BCUT2D eigenvalue weighted by molar-refractivity contribution is -0.117. The normalized spacial score (nSPS) is 14.9. The number of hydrogen-bond acceptors (Lipinski definition) is 6. The average Bonchev–Trinajstić information content (AvgIpc) is 3.46. The first-order valence-corrected chi connectivity index (χ1v) is 11.6. The van der Waals surface area contributed by atoms with Crippen LogP contribution in [0.3, 0.4) is 0 Å². The van der Waals surface area contributed by atoms with Crippen LogP contribution in [0, 0.1) is 13.8 Å². The van der Waals surface area contributed by atoms with Crippen LogP contribution in [-0.2, 0) is 14.8 Å². The Balaban J connectivity index is 1.51. The van der Waals surface area contributed by atoms with E-state index in [1.165, 1.54) is 13.0 Å². The van der Waals surface area contributed by atoms with Crippen molar-refractivity contribution in [2.45, 2.75) is 50.5 Å². The van der Waals surface area contributed by atoms with Gasteiger partial charge in [0.15, 0.2) is 0 Å². The van der Waals surface area contributed by atoms with Crippen molar-refractivity contribution in [2.24, 2.45) is 0 Å². The lowest BCUT2D eigenvalue weighted by Crippen LogP contribution is -2.41. The molecule has 31 heavy (non-hydrogen) atoms. The van der Waals surface area contributed by atoms with Crippen molar-refractivity contribution in [1.29, 1.82) is 0 Å². The lowest BCUT2D eigenvalue weighted by Gasteiger charge is -2.16. The predicted octanol–water partition coefficient (Wildman–Crippen LogP) is 3.54. The highest BCUT2D eigenvalue weighted by atomic mass is 32.2. The van der Waals surface area contributed by atoms with Gasteiger partial charge in [0.1, 0.15) is 0 Å². The second kappa shape index (κ2) is 8.24. The highest BCUT2D eigenvalue weighted by Crippen LogP contribution is 2.39. The molecule has 162 valence electrons. The number of amides is 1. The smallest absolute Gasteiger partial charge is 0.242 e. The van der Waals surface area contributed by atoms with Crippen molar-refractivity contribution in [3.63, 3.8) is 0 Å². The molecule has 0 spiro atoms. The maximum atomic E-state index is 13.0. The van der Waals surface area contributed by atoms with Crippen molar-refractivity contribution in [3.05, 3.63) is 59.5 Å². The third-order valence-electron chi connectivity index (χ3n) is 5.15. The molecule has 1 aliphatic carbocycles. The van der Waals surface area contributed by atoms with Crippen molar-refractivity contribution < 1.29 is 17.7 Å². The maximum absolute atomic E-state index is 13.0. The largest absolute Gasteiger partial charge is 0.339 e. The van der Waals surface area contributed by atoms with Crippen LogP contribution in [0.15, 0.2) is 51.9 Å². The summed E-state index contributed by atoms with van der Waals surface area (Å²) in [5.41, 5.74) is 2.75. The van der Waals surface area contributed by atoms with Crippen LogP contribution in [0.25, 0.3) is 11.4 Å². The molecule has 1 aromatic heterocycles. The van der Waals surface area contributed by atoms with Crippen LogP contribution >= 0.6 is 0 Å². The van der Waals surface area contributed by atoms with Crippen LogP contribution in [0.2, 0.25) is 0 Å². The minimum atomic E-state index is -3.96. The van der Waals surface area contributed by atoms with Gasteiger partial charge in [0, 0.05) is 17.2 Å². The first kappa shape index (κ1) is 21.2. The van der Waals surface area contributed by atoms with Crippen LogP contribution in [0.1, 0.15) is 42.7 Å². The third kappa shape index (κ3) is 4.83. The van der Waals surface area contributed by atoms with E-state index in [1.54, 1.807) is 31.2 Å². The SMILES string of the molecule is Cc1ccc(NC(=O)[C@@H](C)NS(=O)(=O)c2cc(-c3noc(C4CC4)n3)ccc2C)cc1. The molecule has 1 saturated carbocycles. The number of anilines is 1. The summed E-state index contributed by atoms with van der Waals surface area (Å²) in [4.78, 5) is 16.9. The van der Waals surface area contributed by atoms with E-state index in [4.69, 9.17) is 4.52 Å². The summed E-state index contributed by atoms with van der Waals surface area (Å²) in [6.07, 6.45) is 2.06. The van der Waals surface area contributed by atoms with Crippen LogP contribution < -0.4 is 10.0 Å². The number of carbonyl (C=O) groups is 1. The topological polar surface area (TPSA) is 114 Å². The Morgan fingerprint density at radius 3 is 2.52 bits per heavy atom. The predicted molar refractivity (Wildman–Crippen MR) is 116 cm³/mol. The minimum Gasteiger partial charge on any atom is -0.339 e. The Morgan fingerprint density at radius 1 is 1.13 bits per heavy atom. The zero-order chi connectivity index (χ0) is 22.2. The maximum Gasteiger partial charge on any atom is 0.242 e. The molecule has 1 heterocycles. The van der Waals surface area contributed by atoms with E-state index >= 15 is 0 Å². The summed E-state index contributed by atoms with van der Waals surface area (Å²) < 4.78 is 33.8. The summed E-state index contributed by atoms with van der Waals surface area (Å²) in [5.74, 6) is 0.793. The molecule has 2 aromatic carbocycles. The standard InChI is InChI=1S/C22H24N4O4S/c1-13-4-10-18(11-5-13)23-21(27)15(3)26-31(28,29)19-12-17(7-6-14(19)2)20-24-22(30-25-20)16-8-9-16/h4-7,10-12,15-16,26H,8-9H2,1-3H3,(H,23,27)/t15-/m1/s1. The van der Waals surface area contributed by atoms with Crippen LogP contribution in [-0.4, -0.2) is 30.5 Å². The number of sulfonamides is 1. The molecule has 1 aliphatic rings. The van der Waals surface area contributed by atoms with Gasteiger partial charge < -0.3 is 9.84 Å². The van der Waals surface area contributed by atoms with E-state index in [0.717, 1.165) is 18.4 Å². The summed E-state index contributed by atoms with van der Waals surface area (Å²) in [7, 11) is -3.96. The monoisotopic (exact) mass is 440 g/mol. The van der Waals surface area contributed by atoms with Crippen molar-refractivity contribution in [2.75, 3.05) is 5.32 Å². The van der Waals surface area contributed by atoms with Gasteiger partial charge in [0.25, 0.3) is 0 Å². The molecule has 1 amide bonds. The van der Waals surface area contributed by atoms with Crippen molar-refractivity contribution >= 4 is 21.6 Å². The molecule has 0 aliphatic heterocycles. The lowest BCUT2D eigenvalue weighted by atomic mass is 10.1. The van der Waals surface area contributed by atoms with Crippen molar-refractivity contribution in [1.82, 2.24) is 14.9 Å². The highest BCUT2D eigenvalue weighted by molar-refractivity contribution is 7.89. The number of nitrogens with zero attached hydrogens (tertiary/aromatic N) is 2. The number of aryl methyl sites for hydroxylation is 2. The van der Waals surface area contributed by atoms with E-state index < -0.39 is 22.0 Å². The first-order chi connectivity index (χ1) is 14.7. The molecule has 3 aromatic rings. The zero-order valence-corrected chi connectivity index (χ0v) is 18.4. The summed E-state index contributed by atoms with van der Waals surface area (Å²) in [6, 6.07) is 11.2. The van der Waals surface area contributed by atoms with E-state index in [0.29, 0.717) is 34.4 Å². The molecular formula is C22H24N4O4S. The molecule has 2 N–H and O–H groups in total. The van der Waals surface area contributed by atoms with Gasteiger partial charge in [-0.3, -0.25) is 4.79 Å². The molecular weight excluding hydrogens is 416 g/mol. The van der Waals surface area contributed by atoms with Gasteiger partial charge in [-0.25, -0.2) is 8.42 Å². The van der Waals surface area contributed by atoms with E-state index in [9.17, 15) is 13.2 Å². The quantitative estimate of drug-likeness (QED) is 0.581. The molecule has 8 nitrogen and oxygen atoms in total. The van der Waals surface area contributed by atoms with Crippen LogP contribution in [0.5, 0.6) is 0 Å². The first-order valence-electron chi connectivity index (χ1n) is 10.1. The third-order valence-corrected chi connectivity index (χ3v) is 6.83. The number of benzene rings is 2. The molecule has 0 saturated heterocycles. The summed E-state index contributed by atoms with van der Waals surface area (Å²) >= 11 is 0. The summed E-state index contributed by atoms with van der Waals surface area (Å²) in [6.45, 7) is 5.14. The molecule has 9 heteroatoms. The molecule has 4 rings (SSSR count). The molecule has 0 unspecified atom stereocenters. The van der Waals surface area contributed by atoms with Crippen molar-refractivity contribution in [3.8, 4) is 11.4 Å². The highest BCUT2D eigenvalue weighted by Gasteiger charge is 2.30. The second-order valence-electron chi connectivity index (χ2n) is 7.91. The Labute approximate surface area is 181 Å². The Bertz CT molecular complexity index is 1210. The fourth-order valence-corrected chi connectivity index (χ4v) is 4.59. The molecule has 0 bridgehead atoms. The van der Waals surface area contributed by atoms with Gasteiger partial charge in [-0.05, 0) is 57.4 Å². The fraction of sp³-hybridized carbons (Fsp3) is 0.318. The molecule has 0 radical (unpaired) electrons. The number of rotatable bonds is 7. The van der Waals surface area contributed by atoms with Gasteiger partial charge in [-0.2, -0.15) is 9.71 Å². The second-order valence-corrected chi connectivity index (χ2v) is 9.59. The van der Waals surface area contributed by atoms with E-state index in [1.807, 2.05) is 19.1 Å². The number of carbonyl (C=O) groups excluding carboxylic acids is 1. The van der Waals surface area contributed by atoms with Gasteiger partial charge in [-0.15, -0.1) is 0 Å². The fourth-order valence-electron chi connectivity index (χ4n) is 3.11. The Morgan fingerprint density at radius 2 is 1.84 bits per heavy atom. The molecule has 1 fully saturated rings. The Kier molecular flexibility index (Phi) is 5.63. The number of aromatic nitrogens is 2. The van der Waals surface area contributed by atoms with Crippen LogP contribution in [0.4, 0.5) is 5.69 Å². The zero-order valence-electron chi connectivity index (χ0n) is 17.5. The number of nitrogens with one attached hydrogen (secondary N) is 2. The van der Waals surface area contributed by atoms with Gasteiger partial charge in [-0.1, -0.05) is 35.0 Å². The minimum absolute atomic E-state index is 0.0674. The van der Waals surface area contributed by atoms with E-state index in [-0.39, 0.29) is 4.90 Å². The van der Waals surface area contributed by atoms with E-state index in [2.05, 4.69) is 20.2 Å². The molecule has 1 atom stereocenters. The number of hydrogen-bond donors (Lipinski definition) is 2. The van der Waals surface area contributed by atoms with Gasteiger partial charge in [0.2, 0.25) is 27.6 Å². The summed E-state index contributed by atoms with van der Waals surface area (Å²) in [5, 5.41) is 6.69.